The predicted octanol–water partition coefficient (Wildman–Crippen LogP) is 0.712. The Labute approximate surface area is 124 Å². The molecule has 1 aromatic rings. The van der Waals surface area contributed by atoms with Crippen LogP contribution in [-0.4, -0.2) is 48.1 Å². The third kappa shape index (κ3) is 4.61. The second kappa shape index (κ2) is 7.85. The maximum absolute atomic E-state index is 12.1. The zero-order valence-corrected chi connectivity index (χ0v) is 12.6. The molecule has 0 aliphatic rings. The Morgan fingerprint density at radius 2 is 1.76 bits per heavy atom. The molecule has 0 aliphatic heterocycles. The highest BCUT2D eigenvalue weighted by Gasteiger charge is 2.30. The minimum Gasteiger partial charge on any atom is -0.497 e. The molecule has 1 rings (SSSR count). The van der Waals surface area contributed by atoms with Crippen LogP contribution >= 0.6 is 0 Å². The fourth-order valence-electron chi connectivity index (χ4n) is 1.72. The Balaban J connectivity index is 2.65. The molecule has 1 atom stereocenters. The van der Waals surface area contributed by atoms with Crippen LogP contribution in [0.3, 0.4) is 0 Å². The second-order valence-electron chi connectivity index (χ2n) is 4.87. The van der Waals surface area contributed by atoms with Gasteiger partial charge in [0.25, 0.3) is 5.91 Å². The molecule has 1 aromatic carbocycles. The fourth-order valence-corrected chi connectivity index (χ4v) is 1.72. The molecule has 3 N–H and O–H groups in total. The van der Waals surface area contributed by atoms with Crippen LogP contribution in [-0.2, 0) is 4.79 Å². The first-order valence-electron chi connectivity index (χ1n) is 6.84. The van der Waals surface area contributed by atoms with Gasteiger partial charge in [-0.05, 0) is 37.6 Å². The Morgan fingerprint density at radius 1 is 1.24 bits per heavy atom. The first-order chi connectivity index (χ1) is 10.00. The predicted molar refractivity (Wildman–Crippen MR) is 78.4 cm³/mol. The van der Waals surface area contributed by atoms with Gasteiger partial charge in [0, 0.05) is 0 Å². The number of carbonyl (C=O) groups is 1. The van der Waals surface area contributed by atoms with E-state index in [1.165, 1.54) is 0 Å². The van der Waals surface area contributed by atoms with Crippen molar-refractivity contribution in [3.05, 3.63) is 24.3 Å². The standard InChI is InChI=1S/C15H23NO5/c1-4-15(9-17,10-18)16-14(19)11(2)21-13-7-5-12(20-3)6-8-13/h5-8,11,17-18H,4,9-10H2,1-3H3,(H,16,19). The summed E-state index contributed by atoms with van der Waals surface area (Å²) in [6.45, 7) is 2.72. The number of aliphatic hydroxyl groups is 2. The van der Waals surface area contributed by atoms with E-state index in [2.05, 4.69) is 5.32 Å². The summed E-state index contributed by atoms with van der Waals surface area (Å²) < 4.78 is 10.6. The minimum atomic E-state index is -1.02. The highest BCUT2D eigenvalue weighted by molar-refractivity contribution is 5.81. The van der Waals surface area contributed by atoms with Crippen molar-refractivity contribution in [3.8, 4) is 11.5 Å². The SMILES string of the molecule is CCC(CO)(CO)NC(=O)C(C)Oc1ccc(OC)cc1. The molecule has 0 saturated carbocycles. The average molecular weight is 297 g/mol. The van der Waals surface area contributed by atoms with Crippen molar-refractivity contribution in [2.45, 2.75) is 31.9 Å². The molecule has 21 heavy (non-hydrogen) atoms. The molecule has 0 saturated heterocycles. The summed E-state index contributed by atoms with van der Waals surface area (Å²) >= 11 is 0. The van der Waals surface area contributed by atoms with E-state index >= 15 is 0 Å². The van der Waals surface area contributed by atoms with Gasteiger partial charge in [-0.25, -0.2) is 0 Å². The van der Waals surface area contributed by atoms with E-state index in [-0.39, 0.29) is 13.2 Å². The zero-order valence-electron chi connectivity index (χ0n) is 12.6. The van der Waals surface area contributed by atoms with Crippen molar-refractivity contribution >= 4 is 5.91 Å². The van der Waals surface area contributed by atoms with Gasteiger partial charge in [-0.1, -0.05) is 6.92 Å². The summed E-state index contributed by atoms with van der Waals surface area (Å²) in [5, 5.41) is 21.3. The lowest BCUT2D eigenvalue weighted by molar-refractivity contribution is -0.130. The van der Waals surface area contributed by atoms with Crippen LogP contribution in [0.5, 0.6) is 11.5 Å². The number of ether oxygens (including phenoxy) is 2. The summed E-state index contributed by atoms with van der Waals surface area (Å²) in [4.78, 5) is 12.1. The van der Waals surface area contributed by atoms with Crippen molar-refractivity contribution in [3.63, 3.8) is 0 Å². The molecular formula is C15H23NO5. The molecule has 0 aromatic heterocycles. The molecule has 0 bridgehead atoms. The largest absolute Gasteiger partial charge is 0.497 e. The van der Waals surface area contributed by atoms with Gasteiger partial charge in [0.15, 0.2) is 6.10 Å². The summed E-state index contributed by atoms with van der Waals surface area (Å²) in [5.74, 6) is 0.842. The van der Waals surface area contributed by atoms with E-state index in [0.717, 1.165) is 0 Å². The summed E-state index contributed by atoms with van der Waals surface area (Å²) in [7, 11) is 1.57. The molecule has 118 valence electrons. The third-order valence-corrected chi connectivity index (χ3v) is 3.41. The van der Waals surface area contributed by atoms with E-state index in [9.17, 15) is 15.0 Å². The Bertz CT molecular complexity index is 434. The lowest BCUT2D eigenvalue weighted by Gasteiger charge is -2.31. The minimum absolute atomic E-state index is 0.332. The molecule has 0 heterocycles. The van der Waals surface area contributed by atoms with Gasteiger partial charge >= 0.3 is 0 Å². The van der Waals surface area contributed by atoms with Gasteiger partial charge in [0.1, 0.15) is 11.5 Å². The van der Waals surface area contributed by atoms with Gasteiger partial charge in [-0.2, -0.15) is 0 Å². The Morgan fingerprint density at radius 3 is 2.19 bits per heavy atom. The molecule has 0 spiro atoms. The topological polar surface area (TPSA) is 88.0 Å². The lowest BCUT2D eigenvalue weighted by Crippen LogP contribution is -2.56. The number of nitrogens with one attached hydrogen (secondary N) is 1. The van der Waals surface area contributed by atoms with Crippen LogP contribution in [0.1, 0.15) is 20.3 Å². The zero-order chi connectivity index (χ0) is 15.9. The van der Waals surface area contributed by atoms with E-state index in [1.54, 1.807) is 45.2 Å². The molecule has 1 amide bonds. The number of hydrogen-bond donors (Lipinski definition) is 3. The Kier molecular flexibility index (Phi) is 6.45. The van der Waals surface area contributed by atoms with Crippen molar-refractivity contribution in [2.24, 2.45) is 0 Å². The highest BCUT2D eigenvalue weighted by Crippen LogP contribution is 2.18. The van der Waals surface area contributed by atoms with Gasteiger partial charge < -0.3 is 25.0 Å². The van der Waals surface area contributed by atoms with Gasteiger partial charge in [0.05, 0.1) is 25.9 Å². The monoisotopic (exact) mass is 297 g/mol. The van der Waals surface area contributed by atoms with E-state index in [4.69, 9.17) is 9.47 Å². The van der Waals surface area contributed by atoms with Crippen LogP contribution < -0.4 is 14.8 Å². The molecule has 0 fully saturated rings. The van der Waals surface area contributed by atoms with Crippen LogP contribution in [0.15, 0.2) is 24.3 Å². The van der Waals surface area contributed by atoms with Crippen molar-refractivity contribution in [2.75, 3.05) is 20.3 Å². The smallest absolute Gasteiger partial charge is 0.261 e. The fraction of sp³-hybridized carbons (Fsp3) is 0.533. The van der Waals surface area contributed by atoms with E-state index in [0.29, 0.717) is 17.9 Å². The van der Waals surface area contributed by atoms with Gasteiger partial charge in [-0.15, -0.1) is 0 Å². The highest BCUT2D eigenvalue weighted by atomic mass is 16.5. The Hall–Kier alpha value is -1.79. The first-order valence-corrected chi connectivity index (χ1v) is 6.84. The number of rotatable bonds is 8. The second-order valence-corrected chi connectivity index (χ2v) is 4.87. The van der Waals surface area contributed by atoms with Crippen LogP contribution in [0.2, 0.25) is 0 Å². The summed E-state index contributed by atoms with van der Waals surface area (Å²) in [6.07, 6.45) is -0.330. The number of amides is 1. The van der Waals surface area contributed by atoms with Crippen molar-refractivity contribution in [1.82, 2.24) is 5.32 Å². The summed E-state index contributed by atoms with van der Waals surface area (Å²) in [6, 6.07) is 6.87. The van der Waals surface area contributed by atoms with Crippen LogP contribution in [0, 0.1) is 0 Å². The molecule has 0 radical (unpaired) electrons. The van der Waals surface area contributed by atoms with Gasteiger partial charge in [-0.3, -0.25) is 4.79 Å². The number of methoxy groups -OCH3 is 1. The molecule has 0 aliphatic carbocycles. The number of carbonyl (C=O) groups excluding carboxylic acids is 1. The van der Waals surface area contributed by atoms with Crippen molar-refractivity contribution in [1.29, 1.82) is 0 Å². The van der Waals surface area contributed by atoms with Crippen LogP contribution in [0.4, 0.5) is 0 Å². The quantitative estimate of drug-likeness (QED) is 0.658. The molecule has 6 nitrogen and oxygen atoms in total. The number of aliphatic hydroxyl groups excluding tert-OH is 2. The molecule has 1 unspecified atom stereocenters. The normalized spacial score (nSPS) is 12.6. The van der Waals surface area contributed by atoms with E-state index < -0.39 is 17.6 Å². The number of benzene rings is 1. The van der Waals surface area contributed by atoms with Gasteiger partial charge in [0.2, 0.25) is 0 Å². The molecule has 6 heteroatoms. The van der Waals surface area contributed by atoms with Crippen LogP contribution in [0.25, 0.3) is 0 Å². The maximum atomic E-state index is 12.1. The molecular weight excluding hydrogens is 274 g/mol. The van der Waals surface area contributed by atoms with E-state index in [1.807, 2.05) is 0 Å². The lowest BCUT2D eigenvalue weighted by atomic mass is 9.98. The maximum Gasteiger partial charge on any atom is 0.261 e. The average Bonchev–Trinajstić information content (AvgIpc) is 2.53. The third-order valence-electron chi connectivity index (χ3n) is 3.41. The number of hydrogen-bond acceptors (Lipinski definition) is 5. The summed E-state index contributed by atoms with van der Waals surface area (Å²) in [5.41, 5.74) is -1.02. The van der Waals surface area contributed by atoms with Crippen molar-refractivity contribution < 1.29 is 24.5 Å². The first kappa shape index (κ1) is 17.3.